The van der Waals surface area contributed by atoms with Crippen LogP contribution in [0.15, 0.2) is 24.3 Å². The quantitative estimate of drug-likeness (QED) is 0.766. The summed E-state index contributed by atoms with van der Waals surface area (Å²) in [6.07, 6.45) is 2.35. The van der Waals surface area contributed by atoms with E-state index in [1.165, 1.54) is 0 Å². The lowest BCUT2D eigenvalue weighted by Crippen LogP contribution is -2.30. The third-order valence-corrected chi connectivity index (χ3v) is 4.47. The van der Waals surface area contributed by atoms with E-state index in [1.807, 2.05) is 45.0 Å². The molecule has 0 saturated carbocycles. The largest absolute Gasteiger partial charge is 0.497 e. The molecule has 0 aliphatic carbocycles. The number of rotatable bonds is 8. The van der Waals surface area contributed by atoms with Gasteiger partial charge in [0.25, 0.3) is 0 Å². The first-order valence-electron chi connectivity index (χ1n) is 8.45. The van der Waals surface area contributed by atoms with E-state index in [0.717, 1.165) is 42.0 Å². The van der Waals surface area contributed by atoms with Crippen LogP contribution in [0.3, 0.4) is 0 Å². The van der Waals surface area contributed by atoms with Gasteiger partial charge in [-0.25, -0.2) is 0 Å². The van der Waals surface area contributed by atoms with Crippen molar-refractivity contribution in [1.29, 1.82) is 0 Å². The molecule has 6 nitrogen and oxygen atoms in total. The number of H-pyrrole nitrogens is 1. The van der Waals surface area contributed by atoms with Crippen LogP contribution < -0.4 is 14.8 Å². The van der Waals surface area contributed by atoms with E-state index in [2.05, 4.69) is 15.5 Å². The Balaban J connectivity index is 1.99. The lowest BCUT2D eigenvalue weighted by Gasteiger charge is -2.20. The van der Waals surface area contributed by atoms with Gasteiger partial charge < -0.3 is 14.8 Å². The molecule has 0 unspecified atom stereocenters. The highest BCUT2D eigenvalue weighted by Crippen LogP contribution is 2.24. The van der Waals surface area contributed by atoms with Gasteiger partial charge in [0.2, 0.25) is 5.91 Å². The predicted octanol–water partition coefficient (Wildman–Crippen LogP) is 3.59. The summed E-state index contributed by atoms with van der Waals surface area (Å²) in [4.78, 5) is 12.2. The summed E-state index contributed by atoms with van der Waals surface area (Å²) < 4.78 is 10.6. The standard InChI is InChI=1S/C19H27N3O3/c1-6-19(2,3)18(23)20-17-11-14(21-22-17)8-7-13-9-15(24-4)12-16(10-13)25-5/h9-12H,6-8H2,1-5H3,(H2,20,21,22,23). The number of methoxy groups -OCH3 is 2. The van der Waals surface area contributed by atoms with E-state index in [9.17, 15) is 4.79 Å². The van der Waals surface area contributed by atoms with Gasteiger partial charge >= 0.3 is 0 Å². The molecule has 0 atom stereocenters. The Hall–Kier alpha value is -2.50. The van der Waals surface area contributed by atoms with Crippen LogP contribution >= 0.6 is 0 Å². The zero-order chi connectivity index (χ0) is 18.4. The van der Waals surface area contributed by atoms with Crippen molar-refractivity contribution < 1.29 is 14.3 Å². The zero-order valence-corrected chi connectivity index (χ0v) is 15.6. The predicted molar refractivity (Wildman–Crippen MR) is 98.2 cm³/mol. The Morgan fingerprint density at radius 3 is 2.32 bits per heavy atom. The van der Waals surface area contributed by atoms with Crippen LogP contribution in [-0.4, -0.2) is 30.3 Å². The molecule has 1 aromatic heterocycles. The first-order chi connectivity index (χ1) is 11.9. The topological polar surface area (TPSA) is 76.2 Å². The molecule has 136 valence electrons. The first-order valence-corrected chi connectivity index (χ1v) is 8.45. The van der Waals surface area contributed by atoms with Crippen molar-refractivity contribution in [3.63, 3.8) is 0 Å². The van der Waals surface area contributed by atoms with Crippen molar-refractivity contribution in [1.82, 2.24) is 10.2 Å². The zero-order valence-electron chi connectivity index (χ0n) is 15.6. The maximum absolute atomic E-state index is 12.2. The summed E-state index contributed by atoms with van der Waals surface area (Å²) in [5.74, 6) is 2.08. The van der Waals surface area contributed by atoms with E-state index >= 15 is 0 Å². The van der Waals surface area contributed by atoms with Gasteiger partial charge in [0.15, 0.2) is 5.82 Å². The van der Waals surface area contributed by atoms with Crippen molar-refractivity contribution in [2.24, 2.45) is 5.41 Å². The number of anilines is 1. The lowest BCUT2D eigenvalue weighted by atomic mass is 9.89. The third kappa shape index (κ3) is 4.98. The highest BCUT2D eigenvalue weighted by molar-refractivity contribution is 5.93. The van der Waals surface area contributed by atoms with Gasteiger partial charge in [0, 0.05) is 23.2 Å². The molecule has 1 heterocycles. The molecular weight excluding hydrogens is 318 g/mol. The molecule has 0 aliphatic rings. The van der Waals surface area contributed by atoms with Gasteiger partial charge in [0.1, 0.15) is 11.5 Å². The van der Waals surface area contributed by atoms with Crippen LogP contribution in [0.2, 0.25) is 0 Å². The minimum Gasteiger partial charge on any atom is -0.497 e. The van der Waals surface area contributed by atoms with E-state index < -0.39 is 5.41 Å². The summed E-state index contributed by atoms with van der Waals surface area (Å²) in [6, 6.07) is 7.71. The van der Waals surface area contributed by atoms with Crippen LogP contribution in [0, 0.1) is 5.41 Å². The second-order valence-electron chi connectivity index (χ2n) is 6.69. The van der Waals surface area contributed by atoms with Gasteiger partial charge in [-0.1, -0.05) is 20.8 Å². The fourth-order valence-electron chi connectivity index (χ4n) is 2.29. The highest BCUT2D eigenvalue weighted by atomic mass is 16.5. The molecule has 0 bridgehead atoms. The molecule has 2 aromatic rings. The number of carbonyl (C=O) groups excluding carboxylic acids is 1. The molecule has 1 amide bonds. The average molecular weight is 345 g/mol. The fraction of sp³-hybridized carbons (Fsp3) is 0.474. The SMILES string of the molecule is CCC(C)(C)C(=O)Nc1cc(CCc2cc(OC)cc(OC)c2)[nH]n1. The molecule has 25 heavy (non-hydrogen) atoms. The Kier molecular flexibility index (Phi) is 6.07. The van der Waals surface area contributed by atoms with E-state index in [0.29, 0.717) is 5.82 Å². The third-order valence-electron chi connectivity index (χ3n) is 4.47. The second-order valence-corrected chi connectivity index (χ2v) is 6.69. The molecule has 0 aliphatic heterocycles. The molecule has 0 saturated heterocycles. The van der Waals surface area contributed by atoms with Crippen LogP contribution in [-0.2, 0) is 17.6 Å². The van der Waals surface area contributed by atoms with E-state index in [1.54, 1.807) is 14.2 Å². The minimum atomic E-state index is -0.406. The van der Waals surface area contributed by atoms with Gasteiger partial charge in [-0.2, -0.15) is 5.10 Å². The lowest BCUT2D eigenvalue weighted by molar-refractivity contribution is -0.124. The van der Waals surface area contributed by atoms with Gasteiger partial charge in [0.05, 0.1) is 14.2 Å². The summed E-state index contributed by atoms with van der Waals surface area (Å²) in [5.41, 5.74) is 1.67. The maximum Gasteiger partial charge on any atom is 0.231 e. The fourth-order valence-corrected chi connectivity index (χ4v) is 2.29. The maximum atomic E-state index is 12.2. The normalized spacial score (nSPS) is 11.2. The first kappa shape index (κ1) is 18.8. The number of hydrogen-bond acceptors (Lipinski definition) is 4. The molecule has 2 rings (SSSR count). The summed E-state index contributed by atoms with van der Waals surface area (Å²) >= 11 is 0. The Morgan fingerprint density at radius 1 is 1.12 bits per heavy atom. The molecule has 6 heteroatoms. The van der Waals surface area contributed by atoms with Crippen LogP contribution in [0.25, 0.3) is 0 Å². The number of nitrogens with one attached hydrogen (secondary N) is 2. The van der Waals surface area contributed by atoms with Gasteiger partial charge in [-0.05, 0) is 37.0 Å². The van der Waals surface area contributed by atoms with Crippen molar-refractivity contribution in [3.8, 4) is 11.5 Å². The number of aromatic nitrogens is 2. The number of hydrogen-bond donors (Lipinski definition) is 2. The number of amides is 1. The minimum absolute atomic E-state index is 0.0226. The number of aromatic amines is 1. The molecule has 2 N–H and O–H groups in total. The molecule has 0 fully saturated rings. The Labute approximate surface area is 148 Å². The van der Waals surface area contributed by atoms with Gasteiger partial charge in [-0.15, -0.1) is 0 Å². The Morgan fingerprint density at radius 2 is 1.76 bits per heavy atom. The summed E-state index contributed by atoms with van der Waals surface area (Å²) in [5, 5.41) is 10.0. The second kappa shape index (κ2) is 8.05. The van der Waals surface area contributed by atoms with E-state index in [-0.39, 0.29) is 5.91 Å². The molecule has 0 radical (unpaired) electrons. The van der Waals surface area contributed by atoms with Crippen molar-refractivity contribution in [2.45, 2.75) is 40.0 Å². The number of carbonyl (C=O) groups is 1. The Bertz CT molecular complexity index is 700. The van der Waals surface area contributed by atoms with Crippen LogP contribution in [0.1, 0.15) is 38.4 Å². The summed E-state index contributed by atoms with van der Waals surface area (Å²) in [6.45, 7) is 5.84. The van der Waals surface area contributed by atoms with Crippen molar-refractivity contribution in [2.75, 3.05) is 19.5 Å². The highest BCUT2D eigenvalue weighted by Gasteiger charge is 2.25. The average Bonchev–Trinajstić information content (AvgIpc) is 3.06. The number of ether oxygens (including phenoxy) is 2. The molecular formula is C19H27N3O3. The van der Waals surface area contributed by atoms with Crippen LogP contribution in [0.4, 0.5) is 5.82 Å². The summed E-state index contributed by atoms with van der Waals surface area (Å²) in [7, 11) is 3.28. The monoisotopic (exact) mass is 345 g/mol. The number of nitrogens with zero attached hydrogens (tertiary/aromatic N) is 1. The van der Waals surface area contributed by atoms with Gasteiger partial charge in [-0.3, -0.25) is 9.89 Å². The van der Waals surface area contributed by atoms with Crippen LogP contribution in [0.5, 0.6) is 11.5 Å². The smallest absolute Gasteiger partial charge is 0.231 e. The number of benzene rings is 1. The van der Waals surface area contributed by atoms with Crippen molar-refractivity contribution in [3.05, 3.63) is 35.5 Å². The van der Waals surface area contributed by atoms with Crippen molar-refractivity contribution >= 4 is 11.7 Å². The van der Waals surface area contributed by atoms with E-state index in [4.69, 9.17) is 9.47 Å². The molecule has 0 spiro atoms. The number of aryl methyl sites for hydroxylation is 2. The molecule has 1 aromatic carbocycles.